The van der Waals surface area contributed by atoms with Gasteiger partial charge in [0.1, 0.15) is 6.23 Å². The molecule has 0 fully saturated rings. The van der Waals surface area contributed by atoms with E-state index in [0.29, 0.717) is 6.61 Å². The second-order valence-electron chi connectivity index (χ2n) is 6.95. The SMILES string of the molecule is CCCCCCCCCCCCOC(C(C)O)N(C)CCS(=O)(=O)O. The molecule has 0 saturated heterocycles. The average Bonchev–Trinajstić information content (AvgIpc) is 2.52. The first kappa shape index (κ1) is 24.8. The van der Waals surface area contributed by atoms with Gasteiger partial charge in [-0.2, -0.15) is 8.42 Å². The Morgan fingerprint density at radius 1 is 0.960 bits per heavy atom. The molecule has 0 radical (unpaired) electrons. The first-order valence-electron chi connectivity index (χ1n) is 9.73. The Hall–Kier alpha value is -0.210. The quantitative estimate of drug-likeness (QED) is 0.228. The number of aliphatic hydroxyl groups is 1. The maximum Gasteiger partial charge on any atom is 0.266 e. The van der Waals surface area contributed by atoms with Crippen LogP contribution in [0, 0.1) is 0 Å². The van der Waals surface area contributed by atoms with Crippen LogP contribution in [0.5, 0.6) is 0 Å². The van der Waals surface area contributed by atoms with Crippen LogP contribution in [-0.4, -0.2) is 61.3 Å². The summed E-state index contributed by atoms with van der Waals surface area (Å²) < 4.78 is 36.1. The van der Waals surface area contributed by atoms with Crippen LogP contribution in [0.25, 0.3) is 0 Å². The third-order valence-electron chi connectivity index (χ3n) is 4.34. The highest BCUT2D eigenvalue weighted by Gasteiger charge is 2.21. The van der Waals surface area contributed by atoms with Crippen LogP contribution in [0.3, 0.4) is 0 Å². The van der Waals surface area contributed by atoms with Crippen molar-refractivity contribution in [2.24, 2.45) is 0 Å². The lowest BCUT2D eigenvalue weighted by molar-refractivity contribution is -0.109. The minimum atomic E-state index is -4.00. The molecule has 0 aliphatic carbocycles. The van der Waals surface area contributed by atoms with Gasteiger partial charge in [-0.15, -0.1) is 0 Å². The Kier molecular flexibility index (Phi) is 14.8. The van der Waals surface area contributed by atoms with E-state index in [-0.39, 0.29) is 12.3 Å². The Labute approximate surface area is 154 Å². The second-order valence-corrected chi connectivity index (χ2v) is 8.52. The molecule has 6 nitrogen and oxygen atoms in total. The highest BCUT2D eigenvalue weighted by atomic mass is 32.2. The van der Waals surface area contributed by atoms with Crippen LogP contribution in [0.4, 0.5) is 0 Å². The molecule has 2 unspecified atom stereocenters. The van der Waals surface area contributed by atoms with Crippen molar-refractivity contribution < 1.29 is 22.8 Å². The van der Waals surface area contributed by atoms with E-state index in [9.17, 15) is 13.5 Å². The fourth-order valence-corrected chi connectivity index (χ4v) is 3.33. The monoisotopic (exact) mass is 381 g/mol. The van der Waals surface area contributed by atoms with Crippen molar-refractivity contribution in [3.05, 3.63) is 0 Å². The Morgan fingerprint density at radius 3 is 1.88 bits per heavy atom. The molecule has 0 rings (SSSR count). The van der Waals surface area contributed by atoms with Gasteiger partial charge in [-0.3, -0.25) is 9.45 Å². The summed E-state index contributed by atoms with van der Waals surface area (Å²) in [7, 11) is -2.32. The number of hydrogen-bond acceptors (Lipinski definition) is 5. The number of rotatable bonds is 17. The molecular weight excluding hydrogens is 342 g/mol. The standard InChI is InChI=1S/C18H39NO5S/c1-4-5-6-7-8-9-10-11-12-13-15-24-18(17(2)20)19(3)14-16-25(21,22)23/h17-18,20H,4-16H2,1-3H3,(H,21,22,23). The van der Waals surface area contributed by atoms with E-state index in [2.05, 4.69) is 6.92 Å². The first-order chi connectivity index (χ1) is 11.8. The minimum absolute atomic E-state index is 0.117. The van der Waals surface area contributed by atoms with E-state index < -0.39 is 22.4 Å². The highest BCUT2D eigenvalue weighted by Crippen LogP contribution is 2.11. The normalized spacial score (nSPS) is 14.8. The van der Waals surface area contributed by atoms with Gasteiger partial charge in [-0.05, 0) is 20.4 Å². The average molecular weight is 382 g/mol. The van der Waals surface area contributed by atoms with Crippen LogP contribution in [0.1, 0.15) is 78.1 Å². The van der Waals surface area contributed by atoms with E-state index >= 15 is 0 Å². The van der Waals surface area contributed by atoms with E-state index in [0.717, 1.165) is 12.8 Å². The molecule has 0 bridgehead atoms. The Balaban J connectivity index is 3.73. The van der Waals surface area contributed by atoms with E-state index in [4.69, 9.17) is 9.29 Å². The summed E-state index contributed by atoms with van der Waals surface area (Å²) in [5.74, 6) is -0.367. The lowest BCUT2D eigenvalue weighted by Crippen LogP contribution is -2.44. The van der Waals surface area contributed by atoms with Gasteiger partial charge >= 0.3 is 0 Å². The van der Waals surface area contributed by atoms with Gasteiger partial charge in [0.25, 0.3) is 10.1 Å². The van der Waals surface area contributed by atoms with Crippen LogP contribution in [0.2, 0.25) is 0 Å². The third-order valence-corrected chi connectivity index (χ3v) is 5.03. The molecule has 0 heterocycles. The summed E-state index contributed by atoms with van der Waals surface area (Å²) in [5, 5.41) is 9.79. The molecular formula is C18H39NO5S. The molecule has 0 amide bonds. The van der Waals surface area contributed by atoms with Crippen molar-refractivity contribution in [2.75, 3.05) is 26.0 Å². The summed E-state index contributed by atoms with van der Waals surface area (Å²) in [6, 6.07) is 0. The first-order valence-corrected chi connectivity index (χ1v) is 11.3. The smallest absolute Gasteiger partial charge is 0.266 e. The van der Waals surface area contributed by atoms with Crippen molar-refractivity contribution in [1.29, 1.82) is 0 Å². The number of ether oxygens (including phenoxy) is 1. The number of nitrogens with zero attached hydrogens (tertiary/aromatic N) is 1. The highest BCUT2D eigenvalue weighted by molar-refractivity contribution is 7.85. The molecule has 7 heteroatoms. The molecule has 0 aromatic carbocycles. The zero-order valence-corrected chi connectivity index (χ0v) is 17.1. The Bertz CT molecular complexity index is 400. The fraction of sp³-hybridized carbons (Fsp3) is 1.00. The van der Waals surface area contributed by atoms with Crippen molar-refractivity contribution in [2.45, 2.75) is 90.4 Å². The predicted octanol–water partition coefficient (Wildman–Crippen LogP) is 3.45. The Morgan fingerprint density at radius 2 is 1.44 bits per heavy atom. The summed E-state index contributed by atoms with van der Waals surface area (Å²) >= 11 is 0. The summed E-state index contributed by atoms with van der Waals surface area (Å²) in [6.07, 6.45) is 11.2. The van der Waals surface area contributed by atoms with E-state index in [1.807, 2.05) is 0 Å². The maximum absolute atomic E-state index is 10.8. The van der Waals surface area contributed by atoms with Crippen molar-refractivity contribution in [3.8, 4) is 0 Å². The lowest BCUT2D eigenvalue weighted by Gasteiger charge is -2.29. The summed E-state index contributed by atoms with van der Waals surface area (Å²) in [6.45, 7) is 4.51. The summed E-state index contributed by atoms with van der Waals surface area (Å²) in [4.78, 5) is 1.62. The van der Waals surface area contributed by atoms with Gasteiger partial charge in [0, 0.05) is 13.2 Å². The fourth-order valence-electron chi connectivity index (χ4n) is 2.81. The lowest BCUT2D eigenvalue weighted by atomic mass is 10.1. The van der Waals surface area contributed by atoms with Gasteiger partial charge in [-0.1, -0.05) is 64.7 Å². The molecule has 0 aliphatic rings. The van der Waals surface area contributed by atoms with Gasteiger partial charge in [0.15, 0.2) is 0 Å². The molecule has 0 spiro atoms. The van der Waals surface area contributed by atoms with Crippen molar-refractivity contribution in [3.63, 3.8) is 0 Å². The predicted molar refractivity (Wildman–Crippen MR) is 102 cm³/mol. The maximum atomic E-state index is 10.8. The topological polar surface area (TPSA) is 87.1 Å². The molecule has 2 atom stereocenters. The van der Waals surface area contributed by atoms with Crippen molar-refractivity contribution in [1.82, 2.24) is 4.90 Å². The molecule has 25 heavy (non-hydrogen) atoms. The number of likely N-dealkylation sites (N-methyl/N-ethyl adjacent to an activating group) is 1. The molecule has 2 N–H and O–H groups in total. The molecule has 0 aromatic rings. The molecule has 0 aliphatic heterocycles. The van der Waals surface area contributed by atoms with Gasteiger partial charge in [0.05, 0.1) is 11.9 Å². The number of hydrogen-bond donors (Lipinski definition) is 2. The minimum Gasteiger partial charge on any atom is -0.389 e. The molecule has 0 aromatic heterocycles. The molecule has 152 valence electrons. The van der Waals surface area contributed by atoms with E-state index in [1.165, 1.54) is 51.4 Å². The summed E-state index contributed by atoms with van der Waals surface area (Å²) in [5.41, 5.74) is 0. The van der Waals surface area contributed by atoms with Gasteiger partial charge in [0.2, 0.25) is 0 Å². The zero-order valence-electron chi connectivity index (χ0n) is 16.3. The van der Waals surface area contributed by atoms with Crippen LogP contribution in [0.15, 0.2) is 0 Å². The van der Waals surface area contributed by atoms with Crippen LogP contribution >= 0.6 is 0 Å². The van der Waals surface area contributed by atoms with Gasteiger partial charge < -0.3 is 9.84 Å². The van der Waals surface area contributed by atoms with E-state index in [1.54, 1.807) is 18.9 Å². The largest absolute Gasteiger partial charge is 0.389 e. The third kappa shape index (κ3) is 15.7. The van der Waals surface area contributed by atoms with Gasteiger partial charge in [-0.25, -0.2) is 0 Å². The van der Waals surface area contributed by atoms with Crippen LogP contribution in [-0.2, 0) is 14.9 Å². The second kappa shape index (κ2) is 14.9. The molecule has 0 saturated carbocycles. The van der Waals surface area contributed by atoms with Crippen LogP contribution < -0.4 is 0 Å². The number of aliphatic hydroxyl groups excluding tert-OH is 1. The van der Waals surface area contributed by atoms with Crippen molar-refractivity contribution >= 4 is 10.1 Å². The number of unbranched alkanes of at least 4 members (excludes halogenated alkanes) is 9. The zero-order chi connectivity index (χ0) is 19.1.